The van der Waals surface area contributed by atoms with E-state index in [1.165, 1.54) is 11.3 Å². The third-order valence-corrected chi connectivity index (χ3v) is 5.88. The third kappa shape index (κ3) is 6.04. The predicted molar refractivity (Wildman–Crippen MR) is 90.9 cm³/mol. The van der Waals surface area contributed by atoms with Gasteiger partial charge in [0.25, 0.3) is 0 Å². The van der Waals surface area contributed by atoms with Crippen LogP contribution in [0.1, 0.15) is 58.3 Å². The van der Waals surface area contributed by atoms with Crippen molar-refractivity contribution in [3.8, 4) is 0 Å². The van der Waals surface area contributed by atoms with Gasteiger partial charge in [-0.25, -0.2) is 13.4 Å². The fourth-order valence-electron chi connectivity index (χ4n) is 1.94. The van der Waals surface area contributed by atoms with Gasteiger partial charge in [-0.1, -0.05) is 34.6 Å². The van der Waals surface area contributed by atoms with Crippen LogP contribution in [0.5, 0.6) is 0 Å². The van der Waals surface area contributed by atoms with Crippen LogP contribution in [-0.2, 0) is 20.0 Å². The lowest BCUT2D eigenvalue weighted by molar-refractivity contribution is -0.119. The van der Waals surface area contributed by atoms with Crippen molar-refractivity contribution in [2.45, 2.75) is 53.0 Å². The second kappa shape index (κ2) is 7.08. The number of nitrogens with one attached hydrogen (secondary N) is 1. The molecule has 1 aromatic heterocycles. The largest absolute Gasteiger partial charge is 0.346 e. The topological polar surface area (TPSA) is 76.1 Å². The van der Waals surface area contributed by atoms with E-state index in [2.05, 4.69) is 31.1 Å². The van der Waals surface area contributed by atoms with Crippen molar-refractivity contribution in [2.75, 3.05) is 11.5 Å². The zero-order chi connectivity index (χ0) is 17.1. The predicted octanol–water partition coefficient (Wildman–Crippen LogP) is 2.69. The van der Waals surface area contributed by atoms with Gasteiger partial charge in [0.2, 0.25) is 5.91 Å². The highest BCUT2D eigenvalue weighted by Gasteiger charge is 2.22. The summed E-state index contributed by atoms with van der Waals surface area (Å²) in [7, 11) is -3.35. The van der Waals surface area contributed by atoms with E-state index < -0.39 is 21.5 Å². The van der Waals surface area contributed by atoms with Gasteiger partial charge in [0, 0.05) is 10.8 Å². The zero-order valence-corrected chi connectivity index (χ0v) is 15.8. The highest BCUT2D eigenvalue weighted by molar-refractivity contribution is 7.92. The van der Waals surface area contributed by atoms with E-state index in [0.29, 0.717) is 0 Å². The highest BCUT2D eigenvalue weighted by atomic mass is 32.2. The molecule has 1 heterocycles. The lowest BCUT2D eigenvalue weighted by Gasteiger charge is -2.15. The second-order valence-electron chi connectivity index (χ2n) is 7.06. The van der Waals surface area contributed by atoms with Crippen molar-refractivity contribution in [3.05, 3.63) is 16.1 Å². The first-order valence-corrected chi connectivity index (χ1v) is 10.1. The monoisotopic (exact) mass is 346 g/mol. The molecule has 0 saturated heterocycles. The van der Waals surface area contributed by atoms with Crippen LogP contribution < -0.4 is 5.32 Å². The Morgan fingerprint density at radius 3 is 2.36 bits per heavy atom. The highest BCUT2D eigenvalue weighted by Crippen LogP contribution is 2.26. The summed E-state index contributed by atoms with van der Waals surface area (Å²) < 4.78 is 23.7. The Bertz CT molecular complexity index is 613. The molecule has 0 fully saturated rings. The van der Waals surface area contributed by atoms with Crippen molar-refractivity contribution in [2.24, 2.45) is 5.92 Å². The van der Waals surface area contributed by atoms with Crippen molar-refractivity contribution < 1.29 is 13.2 Å². The van der Waals surface area contributed by atoms with Gasteiger partial charge in [-0.2, -0.15) is 0 Å². The van der Waals surface area contributed by atoms with Crippen LogP contribution in [0.4, 0.5) is 0 Å². The van der Waals surface area contributed by atoms with Gasteiger partial charge in [0.05, 0.1) is 17.5 Å². The fourth-order valence-corrected chi connectivity index (χ4v) is 4.61. The SMILES string of the molecule is CC(C)CS(=O)(=O)CC(=O)N[C@@H](C)c1nc(C(C)(C)C)cs1. The lowest BCUT2D eigenvalue weighted by atomic mass is 9.93. The summed E-state index contributed by atoms with van der Waals surface area (Å²) >= 11 is 1.48. The van der Waals surface area contributed by atoms with Gasteiger partial charge < -0.3 is 5.32 Å². The first-order chi connectivity index (χ1) is 9.90. The van der Waals surface area contributed by atoms with Crippen molar-refractivity contribution in [1.82, 2.24) is 10.3 Å². The standard InChI is InChI=1S/C15H26N2O3S2/c1-10(2)8-22(19,20)9-13(18)16-11(3)14-17-12(7-21-14)15(4,5)6/h7,10-11H,8-9H2,1-6H3,(H,16,18)/t11-/m0/s1. The molecule has 1 aromatic rings. The average Bonchev–Trinajstić information content (AvgIpc) is 2.73. The number of hydrogen-bond acceptors (Lipinski definition) is 5. The molecule has 0 aliphatic carbocycles. The van der Waals surface area contributed by atoms with Crippen LogP contribution in [0.15, 0.2) is 5.38 Å². The van der Waals surface area contributed by atoms with Crippen molar-refractivity contribution in [1.29, 1.82) is 0 Å². The van der Waals surface area contributed by atoms with E-state index in [0.717, 1.165) is 10.7 Å². The van der Waals surface area contributed by atoms with Crippen LogP contribution in [0.3, 0.4) is 0 Å². The smallest absolute Gasteiger partial charge is 0.235 e. The van der Waals surface area contributed by atoms with Gasteiger partial charge in [-0.15, -0.1) is 11.3 Å². The van der Waals surface area contributed by atoms with E-state index in [-0.39, 0.29) is 23.1 Å². The average molecular weight is 347 g/mol. The van der Waals surface area contributed by atoms with E-state index >= 15 is 0 Å². The fraction of sp³-hybridized carbons (Fsp3) is 0.733. The number of aromatic nitrogens is 1. The molecule has 1 N–H and O–H groups in total. The maximum atomic E-state index is 11.9. The molecule has 7 heteroatoms. The Balaban J connectivity index is 2.67. The Morgan fingerprint density at radius 1 is 1.32 bits per heavy atom. The minimum absolute atomic E-state index is 0.0172. The number of nitrogens with zero attached hydrogens (tertiary/aromatic N) is 1. The molecular weight excluding hydrogens is 320 g/mol. The number of carbonyl (C=O) groups excluding carboxylic acids is 1. The van der Waals surface area contributed by atoms with Crippen LogP contribution in [-0.4, -0.2) is 30.8 Å². The van der Waals surface area contributed by atoms with Crippen molar-refractivity contribution >= 4 is 27.1 Å². The molecule has 0 bridgehead atoms. The minimum atomic E-state index is -3.35. The molecule has 0 spiro atoms. The second-order valence-corrected chi connectivity index (χ2v) is 10.1. The molecule has 0 aliphatic rings. The minimum Gasteiger partial charge on any atom is -0.346 e. The molecule has 1 rings (SSSR count). The Kier molecular flexibility index (Phi) is 6.15. The number of rotatable bonds is 6. The van der Waals surface area contributed by atoms with Gasteiger partial charge in [0.1, 0.15) is 10.8 Å². The Morgan fingerprint density at radius 2 is 1.91 bits per heavy atom. The molecule has 0 aromatic carbocycles. The van der Waals surface area contributed by atoms with Crippen molar-refractivity contribution in [3.63, 3.8) is 0 Å². The number of amides is 1. The summed E-state index contributed by atoms with van der Waals surface area (Å²) in [5.41, 5.74) is 0.931. The number of sulfone groups is 1. The number of carbonyl (C=O) groups is 1. The molecule has 0 radical (unpaired) electrons. The maximum absolute atomic E-state index is 11.9. The number of thiazole rings is 1. The third-order valence-electron chi connectivity index (χ3n) is 2.98. The van der Waals surface area contributed by atoms with Crippen LogP contribution in [0, 0.1) is 5.92 Å². The zero-order valence-electron chi connectivity index (χ0n) is 14.1. The summed E-state index contributed by atoms with van der Waals surface area (Å²) in [6.45, 7) is 11.7. The molecule has 5 nitrogen and oxygen atoms in total. The lowest BCUT2D eigenvalue weighted by Crippen LogP contribution is -2.33. The summed E-state index contributed by atoms with van der Waals surface area (Å²) in [5, 5.41) is 5.49. The van der Waals surface area contributed by atoms with Gasteiger partial charge in [0.15, 0.2) is 9.84 Å². The summed E-state index contributed by atoms with van der Waals surface area (Å²) in [6.07, 6.45) is 0. The van der Waals surface area contributed by atoms with E-state index in [9.17, 15) is 13.2 Å². The summed E-state index contributed by atoms with van der Waals surface area (Å²) in [6, 6.07) is -0.289. The van der Waals surface area contributed by atoms with E-state index in [1.807, 2.05) is 26.2 Å². The van der Waals surface area contributed by atoms with Crippen LogP contribution in [0.25, 0.3) is 0 Å². The maximum Gasteiger partial charge on any atom is 0.235 e. The molecule has 0 saturated carbocycles. The quantitative estimate of drug-likeness (QED) is 0.859. The molecule has 1 amide bonds. The van der Waals surface area contributed by atoms with E-state index in [1.54, 1.807) is 0 Å². The molecule has 22 heavy (non-hydrogen) atoms. The molecule has 1 atom stereocenters. The van der Waals surface area contributed by atoms with Gasteiger partial charge >= 0.3 is 0 Å². The van der Waals surface area contributed by atoms with Crippen LogP contribution >= 0.6 is 11.3 Å². The summed E-state index contributed by atoms with van der Waals surface area (Å²) in [4.78, 5) is 16.4. The summed E-state index contributed by atoms with van der Waals surface area (Å²) in [5.74, 6) is -0.892. The molecule has 0 unspecified atom stereocenters. The van der Waals surface area contributed by atoms with Gasteiger partial charge in [-0.05, 0) is 12.8 Å². The number of hydrogen-bond donors (Lipinski definition) is 1. The first kappa shape index (κ1) is 19.1. The molecular formula is C15H26N2O3S2. The van der Waals surface area contributed by atoms with Crippen LogP contribution in [0.2, 0.25) is 0 Å². The Labute approximate surface area is 137 Å². The first-order valence-electron chi connectivity index (χ1n) is 7.36. The van der Waals surface area contributed by atoms with Gasteiger partial charge in [-0.3, -0.25) is 4.79 Å². The van der Waals surface area contributed by atoms with E-state index in [4.69, 9.17) is 0 Å². The normalized spacial score (nSPS) is 14.1. The Hall–Kier alpha value is -0.950. The molecule has 0 aliphatic heterocycles. The molecule has 126 valence electrons.